The second kappa shape index (κ2) is 6.58. The van der Waals surface area contributed by atoms with Crippen molar-refractivity contribution in [2.75, 3.05) is 18.0 Å². The molecule has 0 saturated carbocycles. The van der Waals surface area contributed by atoms with Crippen molar-refractivity contribution in [1.82, 2.24) is 10.3 Å². The molecule has 2 aromatic rings. The van der Waals surface area contributed by atoms with Crippen molar-refractivity contribution >= 4 is 22.2 Å². The first-order valence-corrected chi connectivity index (χ1v) is 8.62. The molecule has 1 aromatic carbocycles. The van der Waals surface area contributed by atoms with Crippen LogP contribution in [0.5, 0.6) is 0 Å². The molecule has 1 aliphatic heterocycles. The summed E-state index contributed by atoms with van der Waals surface area (Å²) < 4.78 is 0. The minimum absolute atomic E-state index is 0.931. The molecular weight excluding hydrogens is 278 g/mol. The lowest BCUT2D eigenvalue weighted by molar-refractivity contribution is 0.681. The highest BCUT2D eigenvalue weighted by Crippen LogP contribution is 2.35. The maximum Gasteiger partial charge on any atom is 0.190 e. The van der Waals surface area contributed by atoms with Crippen LogP contribution in [0.15, 0.2) is 24.4 Å². The van der Waals surface area contributed by atoms with Gasteiger partial charge in [-0.25, -0.2) is 4.98 Å². The first-order chi connectivity index (χ1) is 10.3. The molecule has 0 unspecified atom stereocenters. The van der Waals surface area contributed by atoms with Crippen molar-refractivity contribution in [3.05, 3.63) is 40.4 Å². The monoisotopic (exact) mass is 301 g/mol. The summed E-state index contributed by atoms with van der Waals surface area (Å²) in [6.07, 6.45) is 5.58. The van der Waals surface area contributed by atoms with E-state index in [2.05, 4.69) is 47.2 Å². The smallest absolute Gasteiger partial charge is 0.190 e. The van der Waals surface area contributed by atoms with Crippen LogP contribution in [0.1, 0.15) is 35.8 Å². The Morgan fingerprint density at radius 3 is 3.14 bits per heavy atom. The van der Waals surface area contributed by atoms with Crippen LogP contribution < -0.4 is 10.2 Å². The Bertz CT molecular complexity index is 606. The number of nitrogens with one attached hydrogen (secondary N) is 1. The summed E-state index contributed by atoms with van der Waals surface area (Å²) in [6.45, 7) is 7.43. The van der Waals surface area contributed by atoms with Crippen LogP contribution in [0.4, 0.5) is 10.8 Å². The summed E-state index contributed by atoms with van der Waals surface area (Å²) in [6, 6.07) is 6.77. The van der Waals surface area contributed by atoms with E-state index in [1.807, 2.05) is 17.5 Å². The Morgan fingerprint density at radius 2 is 2.29 bits per heavy atom. The number of hydrogen-bond acceptors (Lipinski definition) is 4. The molecule has 1 aromatic heterocycles. The van der Waals surface area contributed by atoms with Crippen LogP contribution in [-0.4, -0.2) is 18.1 Å². The van der Waals surface area contributed by atoms with Crippen molar-refractivity contribution in [3.63, 3.8) is 0 Å². The molecule has 21 heavy (non-hydrogen) atoms. The van der Waals surface area contributed by atoms with E-state index < -0.39 is 0 Å². The molecule has 2 heterocycles. The number of aromatic nitrogens is 1. The van der Waals surface area contributed by atoms with E-state index in [4.69, 9.17) is 0 Å². The zero-order valence-electron chi connectivity index (χ0n) is 12.9. The summed E-state index contributed by atoms with van der Waals surface area (Å²) in [5.74, 6) is 0. The van der Waals surface area contributed by atoms with Gasteiger partial charge in [0.2, 0.25) is 0 Å². The van der Waals surface area contributed by atoms with E-state index in [9.17, 15) is 0 Å². The number of fused-ring (bicyclic) bond motifs is 1. The fourth-order valence-electron chi connectivity index (χ4n) is 2.82. The Hall–Kier alpha value is -1.39. The summed E-state index contributed by atoms with van der Waals surface area (Å²) >= 11 is 1.81. The number of benzene rings is 1. The highest BCUT2D eigenvalue weighted by Gasteiger charge is 2.20. The lowest BCUT2D eigenvalue weighted by Crippen LogP contribution is -2.24. The topological polar surface area (TPSA) is 28.2 Å². The summed E-state index contributed by atoms with van der Waals surface area (Å²) in [5, 5.41) is 4.58. The van der Waals surface area contributed by atoms with E-state index >= 15 is 0 Å². The summed E-state index contributed by atoms with van der Waals surface area (Å²) in [5.41, 5.74) is 4.15. The lowest BCUT2D eigenvalue weighted by Gasteiger charge is -2.29. The molecule has 0 radical (unpaired) electrons. The molecule has 0 amide bonds. The average molecular weight is 301 g/mol. The fraction of sp³-hybridized carbons (Fsp3) is 0.471. The minimum Gasteiger partial charge on any atom is -0.318 e. The summed E-state index contributed by atoms with van der Waals surface area (Å²) in [4.78, 5) is 8.34. The molecule has 0 saturated heterocycles. The zero-order chi connectivity index (χ0) is 14.7. The number of thiazole rings is 1. The van der Waals surface area contributed by atoms with Gasteiger partial charge in [-0.3, -0.25) is 0 Å². The van der Waals surface area contributed by atoms with Crippen LogP contribution in [0, 0.1) is 6.92 Å². The molecule has 1 N–H and O–H groups in total. The van der Waals surface area contributed by atoms with Crippen molar-refractivity contribution in [2.24, 2.45) is 0 Å². The lowest BCUT2D eigenvalue weighted by atomic mass is 10.0. The van der Waals surface area contributed by atoms with Gasteiger partial charge in [0, 0.05) is 29.9 Å². The molecule has 4 heteroatoms. The van der Waals surface area contributed by atoms with Gasteiger partial charge in [0.1, 0.15) is 0 Å². The predicted molar refractivity (Wildman–Crippen MR) is 90.6 cm³/mol. The molecule has 0 atom stereocenters. The maximum atomic E-state index is 4.64. The number of anilines is 2. The van der Waals surface area contributed by atoms with Gasteiger partial charge in [-0.1, -0.05) is 24.6 Å². The van der Waals surface area contributed by atoms with Crippen molar-refractivity contribution < 1.29 is 0 Å². The minimum atomic E-state index is 0.931. The van der Waals surface area contributed by atoms with Crippen molar-refractivity contribution in [1.29, 1.82) is 0 Å². The number of nitrogens with zero attached hydrogens (tertiary/aromatic N) is 2. The van der Waals surface area contributed by atoms with Crippen LogP contribution in [0.2, 0.25) is 0 Å². The molecule has 3 nitrogen and oxygen atoms in total. The second-order valence-electron chi connectivity index (χ2n) is 5.67. The van der Waals surface area contributed by atoms with E-state index in [1.165, 1.54) is 41.0 Å². The first kappa shape index (κ1) is 14.5. The quantitative estimate of drug-likeness (QED) is 0.845. The summed E-state index contributed by atoms with van der Waals surface area (Å²) in [7, 11) is 0. The predicted octanol–water partition coefficient (Wildman–Crippen LogP) is 4.04. The third-order valence-electron chi connectivity index (χ3n) is 3.85. The number of aryl methyl sites for hydroxylation is 2. The van der Waals surface area contributed by atoms with Gasteiger partial charge in [-0.2, -0.15) is 0 Å². The molecule has 0 aliphatic carbocycles. The van der Waals surface area contributed by atoms with E-state index in [1.54, 1.807) is 0 Å². The number of hydrogen-bond donors (Lipinski definition) is 1. The first-order valence-electron chi connectivity index (χ1n) is 7.80. The fourth-order valence-corrected chi connectivity index (χ4v) is 3.74. The van der Waals surface area contributed by atoms with Crippen LogP contribution in [-0.2, 0) is 13.0 Å². The molecule has 0 spiro atoms. The molecular formula is C17H23N3S. The Labute approximate surface area is 131 Å². The van der Waals surface area contributed by atoms with Gasteiger partial charge in [-0.15, -0.1) is 11.3 Å². The van der Waals surface area contributed by atoms with Crippen molar-refractivity contribution in [3.8, 4) is 0 Å². The van der Waals surface area contributed by atoms with Crippen molar-refractivity contribution in [2.45, 2.75) is 39.7 Å². The van der Waals surface area contributed by atoms with Crippen LogP contribution >= 0.6 is 11.3 Å². The van der Waals surface area contributed by atoms with Gasteiger partial charge >= 0.3 is 0 Å². The third kappa shape index (κ3) is 3.27. The van der Waals surface area contributed by atoms with Gasteiger partial charge in [-0.05, 0) is 44.4 Å². The van der Waals surface area contributed by atoms with Crippen LogP contribution in [0.3, 0.4) is 0 Å². The van der Waals surface area contributed by atoms with Gasteiger partial charge < -0.3 is 10.2 Å². The van der Waals surface area contributed by atoms with E-state index in [0.29, 0.717) is 0 Å². The highest BCUT2D eigenvalue weighted by atomic mass is 32.1. The Morgan fingerprint density at radius 1 is 1.38 bits per heavy atom. The standard InChI is InChI=1S/C17H23N3S/c1-3-8-18-11-15-12-19-17(21-15)20-9-4-5-14-10-13(2)6-7-16(14)20/h6-7,10,12,18H,3-5,8-9,11H2,1-2H3. The largest absolute Gasteiger partial charge is 0.318 e. The maximum absolute atomic E-state index is 4.64. The molecule has 0 bridgehead atoms. The molecule has 3 rings (SSSR count). The Kier molecular flexibility index (Phi) is 4.56. The highest BCUT2D eigenvalue weighted by molar-refractivity contribution is 7.15. The second-order valence-corrected chi connectivity index (χ2v) is 6.77. The SMILES string of the molecule is CCCNCc1cnc(N2CCCc3cc(C)ccc32)s1. The van der Waals surface area contributed by atoms with E-state index in [0.717, 1.165) is 24.8 Å². The molecule has 0 fully saturated rings. The zero-order valence-corrected chi connectivity index (χ0v) is 13.7. The van der Waals surface area contributed by atoms with Gasteiger partial charge in [0.25, 0.3) is 0 Å². The van der Waals surface area contributed by atoms with E-state index in [-0.39, 0.29) is 0 Å². The number of rotatable bonds is 5. The Balaban J connectivity index is 1.79. The average Bonchev–Trinajstić information content (AvgIpc) is 2.95. The molecule has 112 valence electrons. The normalized spacial score (nSPS) is 14.3. The van der Waals surface area contributed by atoms with Gasteiger partial charge in [0.15, 0.2) is 5.13 Å². The third-order valence-corrected chi connectivity index (χ3v) is 4.87. The molecule has 1 aliphatic rings. The van der Waals surface area contributed by atoms with Crippen LogP contribution in [0.25, 0.3) is 0 Å². The van der Waals surface area contributed by atoms with Gasteiger partial charge in [0.05, 0.1) is 0 Å².